The fourth-order valence-electron chi connectivity index (χ4n) is 2.50. The predicted molar refractivity (Wildman–Crippen MR) is 77.9 cm³/mol. The van der Waals surface area contributed by atoms with E-state index in [1.165, 1.54) is 12.1 Å². The molecule has 0 spiro atoms. The van der Waals surface area contributed by atoms with Gasteiger partial charge in [-0.1, -0.05) is 18.6 Å². The van der Waals surface area contributed by atoms with Gasteiger partial charge in [-0.2, -0.15) is 0 Å². The second kappa shape index (κ2) is 5.47. The van der Waals surface area contributed by atoms with E-state index in [0.717, 1.165) is 24.8 Å². The van der Waals surface area contributed by atoms with Crippen molar-refractivity contribution in [3.8, 4) is 0 Å². The number of hydrogen-bond acceptors (Lipinski definition) is 2. The Hall–Kier alpha value is -1.91. The maximum absolute atomic E-state index is 13.0. The van der Waals surface area contributed by atoms with E-state index < -0.39 is 16.7 Å². The summed E-state index contributed by atoms with van der Waals surface area (Å²) in [6.45, 7) is 3.59. The highest BCUT2D eigenvalue weighted by atomic mass is 19.1. The van der Waals surface area contributed by atoms with Gasteiger partial charge in [-0.25, -0.2) is 4.39 Å². The predicted octanol–water partition coefficient (Wildman–Crippen LogP) is 1.88. The normalized spacial score (nSPS) is 16.9. The Morgan fingerprint density at radius 1 is 1.29 bits per heavy atom. The number of nitrogens with two attached hydrogens (primary N) is 1. The van der Waals surface area contributed by atoms with Gasteiger partial charge >= 0.3 is 0 Å². The van der Waals surface area contributed by atoms with Crippen molar-refractivity contribution in [3.63, 3.8) is 0 Å². The van der Waals surface area contributed by atoms with Crippen molar-refractivity contribution < 1.29 is 14.0 Å². The summed E-state index contributed by atoms with van der Waals surface area (Å²) in [7, 11) is 0. The Morgan fingerprint density at radius 3 is 2.29 bits per heavy atom. The molecule has 0 atom stereocenters. The Balaban J connectivity index is 2.12. The quantitative estimate of drug-likeness (QED) is 0.869. The number of hydrogen-bond donors (Lipinski definition) is 2. The lowest BCUT2D eigenvalue weighted by molar-refractivity contribution is -0.131. The van der Waals surface area contributed by atoms with Crippen LogP contribution < -0.4 is 11.1 Å². The Kier molecular flexibility index (Phi) is 4.03. The minimum Gasteiger partial charge on any atom is -0.369 e. The van der Waals surface area contributed by atoms with Crippen molar-refractivity contribution in [3.05, 3.63) is 35.6 Å². The molecular weight excluding hydrogens is 271 g/mol. The van der Waals surface area contributed by atoms with Crippen LogP contribution in [-0.4, -0.2) is 18.4 Å². The molecule has 0 aliphatic heterocycles. The van der Waals surface area contributed by atoms with Crippen LogP contribution in [0.15, 0.2) is 24.3 Å². The lowest BCUT2D eigenvalue weighted by atomic mass is 9.63. The number of carbonyl (C=O) groups is 2. The SMILES string of the molecule is CC(C)(CNC(=O)C1(c2ccc(F)cc2)CCC1)C(N)=O. The molecule has 1 fully saturated rings. The molecule has 21 heavy (non-hydrogen) atoms. The average molecular weight is 292 g/mol. The van der Waals surface area contributed by atoms with Crippen molar-refractivity contribution in [1.82, 2.24) is 5.32 Å². The first-order chi connectivity index (χ1) is 9.78. The summed E-state index contributed by atoms with van der Waals surface area (Å²) in [5, 5.41) is 2.83. The molecule has 1 aliphatic rings. The molecule has 0 saturated heterocycles. The summed E-state index contributed by atoms with van der Waals surface area (Å²) in [4.78, 5) is 23.8. The number of amides is 2. The maximum Gasteiger partial charge on any atom is 0.230 e. The highest BCUT2D eigenvalue weighted by molar-refractivity contribution is 5.90. The zero-order chi connectivity index (χ0) is 15.7. The monoisotopic (exact) mass is 292 g/mol. The zero-order valence-corrected chi connectivity index (χ0v) is 12.4. The van der Waals surface area contributed by atoms with Crippen LogP contribution in [0.3, 0.4) is 0 Å². The molecule has 1 aromatic carbocycles. The third-order valence-electron chi connectivity index (χ3n) is 4.40. The summed E-state index contributed by atoms with van der Waals surface area (Å²) in [6, 6.07) is 6.06. The number of benzene rings is 1. The van der Waals surface area contributed by atoms with Gasteiger partial charge in [0.05, 0.1) is 10.8 Å². The number of primary amides is 1. The minimum atomic E-state index is -0.788. The molecule has 0 unspecified atom stereocenters. The van der Waals surface area contributed by atoms with Crippen LogP contribution in [-0.2, 0) is 15.0 Å². The first-order valence-electron chi connectivity index (χ1n) is 7.12. The Bertz CT molecular complexity index is 548. The van der Waals surface area contributed by atoms with Gasteiger partial charge in [0.15, 0.2) is 0 Å². The van der Waals surface area contributed by atoms with Crippen LogP contribution in [0, 0.1) is 11.2 Å². The summed E-state index contributed by atoms with van der Waals surface area (Å²) < 4.78 is 13.0. The number of nitrogens with one attached hydrogen (secondary N) is 1. The summed E-state index contributed by atoms with van der Waals surface area (Å²) in [5.41, 5.74) is 4.75. The molecule has 0 bridgehead atoms. The van der Waals surface area contributed by atoms with Gasteiger partial charge < -0.3 is 11.1 Å². The van der Waals surface area contributed by atoms with Gasteiger partial charge in [0.1, 0.15) is 5.82 Å². The summed E-state index contributed by atoms with van der Waals surface area (Å²) in [6.07, 6.45) is 2.44. The van der Waals surface area contributed by atoms with Gasteiger partial charge in [0, 0.05) is 6.54 Å². The largest absolute Gasteiger partial charge is 0.369 e. The Labute approximate surface area is 123 Å². The molecule has 0 heterocycles. The average Bonchev–Trinajstić information content (AvgIpc) is 2.37. The van der Waals surface area contributed by atoms with Crippen molar-refractivity contribution in [2.75, 3.05) is 6.54 Å². The topological polar surface area (TPSA) is 72.2 Å². The first-order valence-corrected chi connectivity index (χ1v) is 7.12. The summed E-state index contributed by atoms with van der Waals surface area (Å²) in [5.74, 6) is -0.884. The second-order valence-electron chi connectivity index (χ2n) is 6.37. The van der Waals surface area contributed by atoms with E-state index in [1.807, 2.05) is 0 Å². The van der Waals surface area contributed by atoms with Crippen LogP contribution in [0.2, 0.25) is 0 Å². The Morgan fingerprint density at radius 2 is 1.86 bits per heavy atom. The van der Waals surface area contributed by atoms with E-state index in [0.29, 0.717) is 0 Å². The standard InChI is InChI=1S/C16H21FN2O2/c1-15(2,13(18)20)10-19-14(21)16(8-3-9-16)11-4-6-12(17)7-5-11/h4-7H,3,8-10H2,1-2H3,(H2,18,20)(H,19,21). The van der Waals surface area contributed by atoms with E-state index in [-0.39, 0.29) is 18.3 Å². The van der Waals surface area contributed by atoms with Crippen molar-refractivity contribution in [2.24, 2.45) is 11.1 Å². The van der Waals surface area contributed by atoms with E-state index in [2.05, 4.69) is 5.32 Å². The van der Waals surface area contributed by atoms with Gasteiger partial charge in [-0.15, -0.1) is 0 Å². The third-order valence-corrected chi connectivity index (χ3v) is 4.40. The minimum absolute atomic E-state index is 0.116. The molecule has 2 amide bonds. The molecule has 1 saturated carbocycles. The lowest BCUT2D eigenvalue weighted by Gasteiger charge is -2.41. The first kappa shape index (κ1) is 15.5. The molecule has 5 heteroatoms. The maximum atomic E-state index is 13.0. The van der Waals surface area contributed by atoms with Crippen molar-refractivity contribution in [1.29, 1.82) is 0 Å². The fraction of sp³-hybridized carbons (Fsp3) is 0.500. The van der Waals surface area contributed by atoms with Crippen LogP contribution in [0.1, 0.15) is 38.7 Å². The van der Waals surface area contributed by atoms with Crippen LogP contribution in [0.5, 0.6) is 0 Å². The number of carbonyl (C=O) groups excluding carboxylic acids is 2. The van der Waals surface area contributed by atoms with Crippen molar-refractivity contribution in [2.45, 2.75) is 38.5 Å². The molecule has 0 aromatic heterocycles. The molecule has 4 nitrogen and oxygen atoms in total. The lowest BCUT2D eigenvalue weighted by Crippen LogP contribution is -2.52. The molecule has 114 valence electrons. The number of rotatable bonds is 5. The van der Waals surface area contributed by atoms with Crippen LogP contribution in [0.25, 0.3) is 0 Å². The molecule has 3 N–H and O–H groups in total. The highest BCUT2D eigenvalue weighted by Crippen LogP contribution is 2.44. The van der Waals surface area contributed by atoms with Gasteiger partial charge in [-0.3, -0.25) is 9.59 Å². The zero-order valence-electron chi connectivity index (χ0n) is 12.4. The van der Waals surface area contributed by atoms with E-state index in [4.69, 9.17) is 5.73 Å². The second-order valence-corrected chi connectivity index (χ2v) is 6.37. The van der Waals surface area contributed by atoms with E-state index in [9.17, 15) is 14.0 Å². The molecular formula is C16H21FN2O2. The number of halogens is 1. The van der Waals surface area contributed by atoms with Gasteiger partial charge in [0.2, 0.25) is 11.8 Å². The van der Waals surface area contributed by atoms with Gasteiger partial charge in [-0.05, 0) is 44.4 Å². The molecule has 2 rings (SSSR count). The van der Waals surface area contributed by atoms with E-state index in [1.54, 1.807) is 26.0 Å². The van der Waals surface area contributed by atoms with Crippen LogP contribution in [0.4, 0.5) is 4.39 Å². The molecule has 1 aliphatic carbocycles. The van der Waals surface area contributed by atoms with Crippen LogP contribution >= 0.6 is 0 Å². The van der Waals surface area contributed by atoms with Crippen molar-refractivity contribution >= 4 is 11.8 Å². The van der Waals surface area contributed by atoms with Gasteiger partial charge in [0.25, 0.3) is 0 Å². The summed E-state index contributed by atoms with van der Waals surface area (Å²) >= 11 is 0. The smallest absolute Gasteiger partial charge is 0.230 e. The molecule has 0 radical (unpaired) electrons. The fourth-order valence-corrected chi connectivity index (χ4v) is 2.50. The third kappa shape index (κ3) is 2.91. The van der Waals surface area contributed by atoms with E-state index >= 15 is 0 Å². The highest BCUT2D eigenvalue weighted by Gasteiger charge is 2.46. The molecule has 1 aromatic rings.